The largest absolute Gasteiger partial charge is 0.497 e. The Hall–Kier alpha value is -4.56. The third kappa shape index (κ3) is 5.26. The van der Waals surface area contributed by atoms with Crippen molar-refractivity contribution in [3.05, 3.63) is 104 Å². The van der Waals surface area contributed by atoms with Crippen LogP contribution < -0.4 is 28.7 Å². The number of rotatable bonds is 8. The van der Waals surface area contributed by atoms with Crippen molar-refractivity contribution < 1.29 is 38.1 Å². The molecule has 4 amide bonds. The molecule has 4 fully saturated rings. The van der Waals surface area contributed by atoms with Crippen LogP contribution in [0, 0.1) is 11.8 Å². The number of anilines is 2. The average molecular weight is 812 g/mol. The van der Waals surface area contributed by atoms with Crippen molar-refractivity contribution in [3.63, 3.8) is 0 Å². The zero-order chi connectivity index (χ0) is 38.3. The van der Waals surface area contributed by atoms with Gasteiger partial charge in [-0.3, -0.25) is 19.2 Å². The van der Waals surface area contributed by atoms with Gasteiger partial charge in [0, 0.05) is 23.3 Å². The number of nitrogens with zero attached hydrogens (tertiary/aromatic N) is 4. The number of ether oxygens (including phenoxy) is 4. The Morgan fingerprint density at radius 1 is 0.444 bits per heavy atom. The van der Waals surface area contributed by atoms with Gasteiger partial charge in [-0.1, -0.05) is 46.4 Å². The SMILES string of the molecule is COc1ccc([C@@H]2[C@@H]3C(=O)N(c4ccc(Cl)c(Cl)c4)C(=O)[C@@H]3N3[C@H](c4ccc(OC)cc4OC)[C@@H]4C(=O)N(c5ccc(Cl)c(Cl)c5)C(=O)[C@@H]4N23)c(OC)c1. The number of amides is 4. The number of hydrogen-bond acceptors (Lipinski definition) is 10. The van der Waals surface area contributed by atoms with Gasteiger partial charge < -0.3 is 18.9 Å². The number of hydrogen-bond donors (Lipinski definition) is 0. The lowest BCUT2D eigenvalue weighted by atomic mass is 9.83. The molecule has 4 aliphatic heterocycles. The number of imide groups is 2. The normalized spacial score (nSPS) is 25.0. The summed E-state index contributed by atoms with van der Waals surface area (Å²) in [5.41, 5.74) is 1.41. The van der Waals surface area contributed by atoms with Crippen molar-refractivity contribution >= 4 is 81.4 Å². The molecule has 4 aromatic carbocycles. The third-order valence-corrected chi connectivity index (χ3v) is 12.0. The first kappa shape index (κ1) is 36.4. The minimum atomic E-state index is -1.19. The fourth-order valence-corrected chi connectivity index (χ4v) is 8.92. The Morgan fingerprint density at radius 3 is 1.17 bits per heavy atom. The van der Waals surface area contributed by atoms with E-state index in [9.17, 15) is 19.2 Å². The van der Waals surface area contributed by atoms with Gasteiger partial charge in [-0.2, -0.15) is 0 Å². The van der Waals surface area contributed by atoms with Crippen molar-refractivity contribution in [1.82, 2.24) is 10.0 Å². The summed E-state index contributed by atoms with van der Waals surface area (Å²) in [7, 11) is 5.96. The maximum absolute atomic E-state index is 14.9. The molecule has 0 saturated carbocycles. The van der Waals surface area contributed by atoms with E-state index in [1.54, 1.807) is 46.4 Å². The second kappa shape index (κ2) is 13.6. The predicted octanol–water partition coefficient (Wildman–Crippen LogP) is 6.78. The van der Waals surface area contributed by atoms with Crippen LogP contribution >= 0.6 is 46.4 Å². The van der Waals surface area contributed by atoms with Crippen LogP contribution in [0.2, 0.25) is 20.1 Å². The molecule has 8 rings (SSSR count). The molecule has 0 radical (unpaired) electrons. The van der Waals surface area contributed by atoms with Crippen LogP contribution in [0.3, 0.4) is 0 Å². The molecule has 4 saturated heterocycles. The molecule has 16 heteroatoms. The van der Waals surface area contributed by atoms with Crippen LogP contribution in [0.5, 0.6) is 23.0 Å². The van der Waals surface area contributed by atoms with Gasteiger partial charge >= 0.3 is 0 Å². The van der Waals surface area contributed by atoms with E-state index in [0.717, 1.165) is 9.80 Å². The molecule has 4 aliphatic rings. The first-order valence-electron chi connectivity index (χ1n) is 16.6. The summed E-state index contributed by atoms with van der Waals surface area (Å²) >= 11 is 25.2. The molecule has 6 atom stereocenters. The second-order valence-corrected chi connectivity index (χ2v) is 14.7. The molecule has 278 valence electrons. The summed E-state index contributed by atoms with van der Waals surface area (Å²) in [6, 6.07) is 14.8. The summed E-state index contributed by atoms with van der Waals surface area (Å²) in [6.45, 7) is 0. The number of carbonyl (C=O) groups is 4. The van der Waals surface area contributed by atoms with Gasteiger partial charge in [0.1, 0.15) is 35.1 Å². The van der Waals surface area contributed by atoms with Gasteiger partial charge in [0.2, 0.25) is 11.8 Å². The zero-order valence-electron chi connectivity index (χ0n) is 29.0. The highest BCUT2D eigenvalue weighted by molar-refractivity contribution is 6.43. The molecule has 0 aromatic heterocycles. The molecule has 0 N–H and O–H groups in total. The maximum Gasteiger partial charge on any atom is 0.253 e. The van der Waals surface area contributed by atoms with Gasteiger partial charge in [0.15, 0.2) is 0 Å². The number of hydrazine groups is 1. The highest BCUT2D eigenvalue weighted by atomic mass is 35.5. The lowest BCUT2D eigenvalue weighted by Crippen LogP contribution is -2.50. The molecular formula is C38H30Cl4N4O8. The minimum Gasteiger partial charge on any atom is -0.497 e. The smallest absolute Gasteiger partial charge is 0.253 e. The van der Waals surface area contributed by atoms with Gasteiger partial charge in [0.25, 0.3) is 11.8 Å². The van der Waals surface area contributed by atoms with Crippen molar-refractivity contribution in [3.8, 4) is 23.0 Å². The Balaban J connectivity index is 1.38. The summed E-state index contributed by atoms with van der Waals surface area (Å²) < 4.78 is 22.7. The predicted molar refractivity (Wildman–Crippen MR) is 201 cm³/mol. The number of carbonyl (C=O) groups excluding carboxylic acids is 4. The molecule has 0 bridgehead atoms. The fourth-order valence-electron chi connectivity index (χ4n) is 8.33. The zero-order valence-corrected chi connectivity index (χ0v) is 32.0. The van der Waals surface area contributed by atoms with Crippen LogP contribution in [-0.4, -0.2) is 74.2 Å². The number of methoxy groups -OCH3 is 4. The fraction of sp³-hybridized carbons (Fsp3) is 0.263. The van der Waals surface area contributed by atoms with Crippen molar-refractivity contribution in [2.24, 2.45) is 11.8 Å². The average Bonchev–Trinajstić information content (AvgIpc) is 3.84. The van der Waals surface area contributed by atoms with Crippen molar-refractivity contribution in [1.29, 1.82) is 0 Å². The number of halogens is 4. The van der Waals surface area contributed by atoms with E-state index >= 15 is 0 Å². The first-order chi connectivity index (χ1) is 25.9. The molecule has 0 unspecified atom stereocenters. The van der Waals surface area contributed by atoms with Crippen molar-refractivity contribution in [2.45, 2.75) is 24.2 Å². The molecule has 4 heterocycles. The van der Waals surface area contributed by atoms with E-state index in [1.807, 2.05) is 0 Å². The highest BCUT2D eigenvalue weighted by Gasteiger charge is 2.74. The van der Waals surface area contributed by atoms with Gasteiger partial charge in [-0.25, -0.2) is 19.8 Å². The Kier molecular flexibility index (Phi) is 9.19. The Morgan fingerprint density at radius 2 is 0.833 bits per heavy atom. The summed E-state index contributed by atoms with van der Waals surface area (Å²) in [5, 5.41) is 4.20. The van der Waals surface area contributed by atoms with Crippen LogP contribution in [0.15, 0.2) is 72.8 Å². The monoisotopic (exact) mass is 810 g/mol. The van der Waals surface area contributed by atoms with Gasteiger partial charge in [0.05, 0.1) is 83.8 Å². The van der Waals surface area contributed by atoms with Crippen LogP contribution in [-0.2, 0) is 19.2 Å². The Labute approximate surface area is 329 Å². The van der Waals surface area contributed by atoms with E-state index in [1.165, 1.54) is 64.8 Å². The highest BCUT2D eigenvalue weighted by Crippen LogP contribution is 2.61. The second-order valence-electron chi connectivity index (χ2n) is 13.0. The maximum atomic E-state index is 14.9. The van der Waals surface area contributed by atoms with E-state index < -0.39 is 59.6 Å². The van der Waals surface area contributed by atoms with Gasteiger partial charge in [-0.15, -0.1) is 0 Å². The molecule has 4 aromatic rings. The van der Waals surface area contributed by atoms with Gasteiger partial charge in [-0.05, 0) is 60.7 Å². The van der Waals surface area contributed by atoms with E-state index in [4.69, 9.17) is 65.4 Å². The molecule has 0 aliphatic carbocycles. The molecule has 0 spiro atoms. The molecule has 12 nitrogen and oxygen atoms in total. The summed E-state index contributed by atoms with van der Waals surface area (Å²) in [5.74, 6) is -2.80. The number of benzene rings is 4. The lowest BCUT2D eigenvalue weighted by molar-refractivity contribution is -0.136. The minimum absolute atomic E-state index is 0.150. The Bertz CT molecular complexity index is 2120. The molecule has 54 heavy (non-hydrogen) atoms. The van der Waals surface area contributed by atoms with Crippen LogP contribution in [0.25, 0.3) is 0 Å². The quantitative estimate of drug-likeness (QED) is 0.176. The summed E-state index contributed by atoms with van der Waals surface area (Å²) in [6.07, 6.45) is 0. The third-order valence-electron chi connectivity index (χ3n) is 10.6. The van der Waals surface area contributed by atoms with E-state index in [0.29, 0.717) is 34.1 Å². The lowest BCUT2D eigenvalue weighted by Gasteiger charge is -2.36. The van der Waals surface area contributed by atoms with E-state index in [-0.39, 0.29) is 31.5 Å². The standard InChI is InChI=1S/C38H30Cl4N4O8/c1-51-19-7-9-21(27(15-19)53-3)31-29-33(37(49)43(35(29)47)17-5-11-23(39)25(41)13-17)46-32(22-10-8-20(52-2)16-28(22)54-4)30-34(45(31)46)38(50)44(36(30)48)18-6-12-24(40)26(42)14-18/h5-16,29-34H,1-4H3/t29-,30-,31+,32+,33+,34+/m0/s1. The van der Waals surface area contributed by atoms with Crippen molar-refractivity contribution in [2.75, 3.05) is 38.2 Å². The van der Waals surface area contributed by atoms with E-state index in [2.05, 4.69) is 0 Å². The summed E-state index contributed by atoms with van der Waals surface area (Å²) in [4.78, 5) is 61.7. The van der Waals surface area contributed by atoms with Crippen LogP contribution in [0.1, 0.15) is 23.2 Å². The van der Waals surface area contributed by atoms with Crippen LogP contribution in [0.4, 0.5) is 11.4 Å². The number of fused-ring (bicyclic) bond motifs is 5. The first-order valence-corrected chi connectivity index (χ1v) is 18.1. The topological polar surface area (TPSA) is 118 Å². The molecular weight excluding hydrogens is 782 g/mol.